The highest BCUT2D eigenvalue weighted by molar-refractivity contribution is 7.80. The Balaban J connectivity index is 2.61. The predicted molar refractivity (Wildman–Crippen MR) is 56.2 cm³/mol. The molecule has 0 aromatic carbocycles. The molecule has 1 aliphatic heterocycles. The monoisotopic (exact) mass is 184 g/mol. The second-order valence-electron chi connectivity index (χ2n) is 3.43. The molecule has 2 nitrogen and oxygen atoms in total. The van der Waals surface area contributed by atoms with Gasteiger partial charge in [0.05, 0.1) is 0 Å². The Labute approximate surface area is 79.6 Å². The van der Waals surface area contributed by atoms with Crippen LogP contribution in [-0.2, 0) is 0 Å². The molecular formula is C9H16N2S. The molecule has 1 atom stereocenters. The first kappa shape index (κ1) is 9.52. The van der Waals surface area contributed by atoms with Gasteiger partial charge in [0, 0.05) is 20.1 Å². The van der Waals surface area contributed by atoms with Crippen molar-refractivity contribution in [2.45, 2.75) is 13.8 Å². The van der Waals surface area contributed by atoms with Crippen molar-refractivity contribution in [3.63, 3.8) is 0 Å². The van der Waals surface area contributed by atoms with Gasteiger partial charge in [0.25, 0.3) is 0 Å². The van der Waals surface area contributed by atoms with E-state index in [1.54, 1.807) is 0 Å². The summed E-state index contributed by atoms with van der Waals surface area (Å²) in [5.41, 5.74) is 1.41. The molecule has 1 N–H and O–H groups in total. The van der Waals surface area contributed by atoms with Crippen molar-refractivity contribution >= 4 is 17.3 Å². The van der Waals surface area contributed by atoms with Crippen molar-refractivity contribution in [1.29, 1.82) is 0 Å². The zero-order valence-electron chi connectivity index (χ0n) is 7.92. The van der Waals surface area contributed by atoms with Crippen LogP contribution in [0.1, 0.15) is 13.8 Å². The molecule has 0 saturated carbocycles. The third-order valence-electron chi connectivity index (χ3n) is 2.02. The minimum absolute atomic E-state index is 0.616. The van der Waals surface area contributed by atoms with Crippen LogP contribution in [-0.4, -0.2) is 30.1 Å². The molecule has 0 radical (unpaired) electrons. The standard InChI is InChI=1S/C9H16N2S/c1-7-4-8(2)6-11(5-7)9(12)10-3/h4,7H,5-6H2,1-3H3,(H,10,12). The van der Waals surface area contributed by atoms with E-state index in [0.717, 1.165) is 18.2 Å². The molecular weight excluding hydrogens is 168 g/mol. The van der Waals surface area contributed by atoms with E-state index < -0.39 is 0 Å². The van der Waals surface area contributed by atoms with Crippen LogP contribution in [0.25, 0.3) is 0 Å². The Kier molecular flexibility index (Phi) is 3.09. The Morgan fingerprint density at radius 3 is 2.92 bits per heavy atom. The normalized spacial score (nSPS) is 23.4. The SMILES string of the molecule is CNC(=S)N1CC(C)=CC(C)C1. The Hall–Kier alpha value is -0.570. The molecule has 0 fully saturated rings. The molecule has 3 heteroatoms. The third kappa shape index (κ3) is 2.21. The van der Waals surface area contributed by atoms with Crippen molar-refractivity contribution in [3.05, 3.63) is 11.6 Å². The van der Waals surface area contributed by atoms with Crippen LogP contribution in [0.5, 0.6) is 0 Å². The number of hydrogen-bond acceptors (Lipinski definition) is 1. The van der Waals surface area contributed by atoms with E-state index in [1.165, 1.54) is 5.57 Å². The van der Waals surface area contributed by atoms with Gasteiger partial charge in [-0.25, -0.2) is 0 Å². The summed E-state index contributed by atoms with van der Waals surface area (Å²) in [6, 6.07) is 0. The van der Waals surface area contributed by atoms with Crippen molar-refractivity contribution < 1.29 is 0 Å². The third-order valence-corrected chi connectivity index (χ3v) is 2.48. The molecule has 0 aromatic rings. The van der Waals surface area contributed by atoms with Crippen LogP contribution in [0.4, 0.5) is 0 Å². The van der Waals surface area contributed by atoms with Crippen molar-refractivity contribution in [2.75, 3.05) is 20.1 Å². The average Bonchev–Trinajstić information content (AvgIpc) is 2.01. The van der Waals surface area contributed by atoms with E-state index in [4.69, 9.17) is 12.2 Å². The zero-order valence-corrected chi connectivity index (χ0v) is 8.74. The minimum Gasteiger partial charge on any atom is -0.366 e. The topological polar surface area (TPSA) is 15.3 Å². The summed E-state index contributed by atoms with van der Waals surface area (Å²) < 4.78 is 0. The maximum atomic E-state index is 5.17. The van der Waals surface area contributed by atoms with Gasteiger partial charge in [-0.2, -0.15) is 0 Å². The van der Waals surface area contributed by atoms with E-state index in [-0.39, 0.29) is 0 Å². The van der Waals surface area contributed by atoms with E-state index in [0.29, 0.717) is 5.92 Å². The van der Waals surface area contributed by atoms with Crippen LogP contribution in [0.15, 0.2) is 11.6 Å². The van der Waals surface area contributed by atoms with Crippen LogP contribution < -0.4 is 5.32 Å². The summed E-state index contributed by atoms with van der Waals surface area (Å²) in [6.45, 7) is 6.38. The molecule has 0 spiro atoms. The smallest absolute Gasteiger partial charge is 0.168 e. The fourth-order valence-electron chi connectivity index (χ4n) is 1.62. The summed E-state index contributed by atoms with van der Waals surface area (Å²) in [7, 11) is 1.88. The van der Waals surface area contributed by atoms with E-state index in [9.17, 15) is 0 Å². The molecule has 0 amide bonds. The number of rotatable bonds is 0. The summed E-state index contributed by atoms with van der Waals surface area (Å²) in [5, 5.41) is 3.86. The molecule has 0 saturated heterocycles. The summed E-state index contributed by atoms with van der Waals surface area (Å²) in [6.07, 6.45) is 2.31. The number of nitrogens with one attached hydrogen (secondary N) is 1. The molecule has 0 aliphatic carbocycles. The first-order chi connectivity index (χ1) is 5.63. The van der Waals surface area contributed by atoms with Gasteiger partial charge in [0.2, 0.25) is 0 Å². The lowest BCUT2D eigenvalue weighted by atomic mass is 10.0. The van der Waals surface area contributed by atoms with Crippen molar-refractivity contribution in [3.8, 4) is 0 Å². The second-order valence-corrected chi connectivity index (χ2v) is 3.81. The van der Waals surface area contributed by atoms with Gasteiger partial charge in [-0.05, 0) is 25.1 Å². The van der Waals surface area contributed by atoms with Gasteiger partial charge >= 0.3 is 0 Å². The molecule has 1 aliphatic rings. The highest BCUT2D eigenvalue weighted by atomic mass is 32.1. The maximum absolute atomic E-state index is 5.17. The minimum atomic E-state index is 0.616. The second kappa shape index (κ2) is 3.90. The Morgan fingerprint density at radius 1 is 1.75 bits per heavy atom. The number of thiocarbonyl (C=S) groups is 1. The fourth-order valence-corrected chi connectivity index (χ4v) is 1.76. The fraction of sp³-hybridized carbons (Fsp3) is 0.667. The molecule has 68 valence electrons. The average molecular weight is 184 g/mol. The maximum Gasteiger partial charge on any atom is 0.168 e. The van der Waals surface area contributed by atoms with E-state index >= 15 is 0 Å². The summed E-state index contributed by atoms with van der Waals surface area (Å²) in [5.74, 6) is 0.616. The lowest BCUT2D eigenvalue weighted by molar-refractivity contribution is 0.382. The number of hydrogen-bond donors (Lipinski definition) is 1. The van der Waals surface area contributed by atoms with Gasteiger partial charge in [-0.3, -0.25) is 0 Å². The molecule has 1 heterocycles. The molecule has 12 heavy (non-hydrogen) atoms. The van der Waals surface area contributed by atoms with Gasteiger partial charge in [-0.1, -0.05) is 18.6 Å². The van der Waals surface area contributed by atoms with Gasteiger partial charge in [0.15, 0.2) is 5.11 Å². The molecule has 0 bridgehead atoms. The molecule has 0 aromatic heterocycles. The first-order valence-electron chi connectivity index (χ1n) is 4.27. The number of nitrogens with zero attached hydrogens (tertiary/aromatic N) is 1. The largest absolute Gasteiger partial charge is 0.366 e. The summed E-state index contributed by atoms with van der Waals surface area (Å²) >= 11 is 5.17. The van der Waals surface area contributed by atoms with E-state index in [1.807, 2.05) is 7.05 Å². The molecule has 1 unspecified atom stereocenters. The van der Waals surface area contributed by atoms with Gasteiger partial charge in [0.1, 0.15) is 0 Å². The lowest BCUT2D eigenvalue weighted by Gasteiger charge is -2.31. The quantitative estimate of drug-likeness (QED) is 0.452. The van der Waals surface area contributed by atoms with Crippen LogP contribution in [0, 0.1) is 5.92 Å². The van der Waals surface area contributed by atoms with Crippen LogP contribution >= 0.6 is 12.2 Å². The van der Waals surface area contributed by atoms with Gasteiger partial charge < -0.3 is 10.2 Å². The molecule has 1 rings (SSSR count). The Morgan fingerprint density at radius 2 is 2.42 bits per heavy atom. The summed E-state index contributed by atoms with van der Waals surface area (Å²) in [4.78, 5) is 2.20. The van der Waals surface area contributed by atoms with E-state index in [2.05, 4.69) is 30.1 Å². The lowest BCUT2D eigenvalue weighted by Crippen LogP contribution is -2.43. The van der Waals surface area contributed by atoms with Crippen LogP contribution in [0.3, 0.4) is 0 Å². The van der Waals surface area contributed by atoms with Gasteiger partial charge in [-0.15, -0.1) is 0 Å². The van der Waals surface area contributed by atoms with Crippen molar-refractivity contribution in [1.82, 2.24) is 10.2 Å². The highest BCUT2D eigenvalue weighted by Crippen LogP contribution is 2.13. The highest BCUT2D eigenvalue weighted by Gasteiger charge is 2.16. The zero-order chi connectivity index (χ0) is 9.14. The predicted octanol–water partition coefficient (Wildman–Crippen LogP) is 1.39. The van der Waals surface area contributed by atoms with Crippen LogP contribution in [0.2, 0.25) is 0 Å². The Bertz CT molecular complexity index is 211. The van der Waals surface area contributed by atoms with Crippen molar-refractivity contribution in [2.24, 2.45) is 5.92 Å². The first-order valence-corrected chi connectivity index (χ1v) is 4.68.